The van der Waals surface area contributed by atoms with Gasteiger partial charge in [-0.15, -0.1) is 0 Å². The molecule has 6 nitrogen and oxygen atoms in total. The SMILES string of the molecule is COc1ccc(-c2nc(Cl)nc3[nH]ncc23)c(OC)c1. The van der Waals surface area contributed by atoms with Gasteiger partial charge in [-0.1, -0.05) is 0 Å². The predicted octanol–water partition coefficient (Wildman–Crippen LogP) is 2.69. The Morgan fingerprint density at radius 1 is 1.15 bits per heavy atom. The molecular weight excluding hydrogens is 280 g/mol. The summed E-state index contributed by atoms with van der Waals surface area (Å²) in [6, 6.07) is 5.49. The van der Waals surface area contributed by atoms with Gasteiger partial charge >= 0.3 is 0 Å². The largest absolute Gasteiger partial charge is 0.497 e. The summed E-state index contributed by atoms with van der Waals surface area (Å²) in [5, 5.41) is 7.67. The minimum Gasteiger partial charge on any atom is -0.497 e. The first kappa shape index (κ1) is 12.7. The van der Waals surface area contributed by atoms with Crippen molar-refractivity contribution in [3.8, 4) is 22.8 Å². The summed E-state index contributed by atoms with van der Waals surface area (Å²) in [4.78, 5) is 8.36. The first-order valence-corrected chi connectivity index (χ1v) is 6.19. The average Bonchev–Trinajstić information content (AvgIpc) is 2.93. The number of hydrogen-bond acceptors (Lipinski definition) is 5. The van der Waals surface area contributed by atoms with Crippen LogP contribution in [-0.2, 0) is 0 Å². The number of fused-ring (bicyclic) bond motifs is 1. The fraction of sp³-hybridized carbons (Fsp3) is 0.154. The summed E-state index contributed by atoms with van der Waals surface area (Å²) in [5.74, 6) is 1.34. The van der Waals surface area contributed by atoms with Crippen LogP contribution >= 0.6 is 11.6 Å². The van der Waals surface area contributed by atoms with E-state index in [4.69, 9.17) is 21.1 Å². The molecule has 0 saturated carbocycles. The molecule has 0 saturated heterocycles. The lowest BCUT2D eigenvalue weighted by molar-refractivity contribution is 0.395. The summed E-state index contributed by atoms with van der Waals surface area (Å²) in [5.41, 5.74) is 2.04. The molecule has 2 aromatic heterocycles. The normalized spacial score (nSPS) is 10.8. The van der Waals surface area contributed by atoms with Crippen molar-refractivity contribution in [2.75, 3.05) is 14.2 Å². The highest BCUT2D eigenvalue weighted by atomic mass is 35.5. The van der Waals surface area contributed by atoms with Crippen molar-refractivity contribution in [1.82, 2.24) is 20.2 Å². The monoisotopic (exact) mass is 290 g/mol. The maximum Gasteiger partial charge on any atom is 0.224 e. The van der Waals surface area contributed by atoms with E-state index in [2.05, 4.69) is 20.2 Å². The molecule has 0 bridgehead atoms. The zero-order valence-corrected chi connectivity index (χ0v) is 11.6. The maximum atomic E-state index is 5.95. The van der Waals surface area contributed by atoms with Gasteiger partial charge in [-0.25, -0.2) is 4.98 Å². The third-order valence-electron chi connectivity index (χ3n) is 2.95. The van der Waals surface area contributed by atoms with Crippen LogP contribution in [0.15, 0.2) is 24.4 Å². The summed E-state index contributed by atoms with van der Waals surface area (Å²) < 4.78 is 10.6. The number of ether oxygens (including phenoxy) is 2. The van der Waals surface area contributed by atoms with Gasteiger partial charge in [0.05, 0.1) is 31.5 Å². The molecule has 3 aromatic rings. The van der Waals surface area contributed by atoms with Crippen molar-refractivity contribution in [3.05, 3.63) is 29.7 Å². The van der Waals surface area contributed by atoms with E-state index < -0.39 is 0 Å². The molecule has 3 rings (SSSR count). The van der Waals surface area contributed by atoms with Crippen LogP contribution in [-0.4, -0.2) is 34.4 Å². The van der Waals surface area contributed by atoms with Gasteiger partial charge in [0.2, 0.25) is 5.28 Å². The van der Waals surface area contributed by atoms with Gasteiger partial charge in [0.25, 0.3) is 0 Å². The number of nitrogens with zero attached hydrogens (tertiary/aromatic N) is 3. The Kier molecular flexibility index (Phi) is 3.15. The number of nitrogens with one attached hydrogen (secondary N) is 1. The minimum absolute atomic E-state index is 0.148. The number of H-pyrrole nitrogens is 1. The lowest BCUT2D eigenvalue weighted by Crippen LogP contribution is -1.94. The van der Waals surface area contributed by atoms with Crippen LogP contribution in [0.3, 0.4) is 0 Å². The van der Waals surface area contributed by atoms with Gasteiger partial charge < -0.3 is 9.47 Å². The molecule has 1 aromatic carbocycles. The van der Waals surface area contributed by atoms with Crippen LogP contribution in [0.25, 0.3) is 22.3 Å². The van der Waals surface area contributed by atoms with E-state index in [1.807, 2.05) is 12.1 Å². The number of aromatic amines is 1. The van der Waals surface area contributed by atoms with Gasteiger partial charge in [-0.05, 0) is 23.7 Å². The van der Waals surface area contributed by atoms with E-state index in [-0.39, 0.29) is 5.28 Å². The van der Waals surface area contributed by atoms with E-state index in [9.17, 15) is 0 Å². The molecule has 102 valence electrons. The molecule has 1 N–H and O–H groups in total. The smallest absolute Gasteiger partial charge is 0.224 e. The minimum atomic E-state index is 0.148. The van der Waals surface area contributed by atoms with Crippen LogP contribution in [0, 0.1) is 0 Å². The summed E-state index contributed by atoms with van der Waals surface area (Å²) in [6.45, 7) is 0. The molecule has 0 amide bonds. The Bertz CT molecular complexity index is 772. The maximum absolute atomic E-state index is 5.95. The molecule has 0 spiro atoms. The zero-order valence-electron chi connectivity index (χ0n) is 10.8. The molecule has 0 aliphatic rings. The Morgan fingerprint density at radius 2 is 2.00 bits per heavy atom. The lowest BCUT2D eigenvalue weighted by Gasteiger charge is -2.10. The average molecular weight is 291 g/mol. The first-order chi connectivity index (χ1) is 9.72. The van der Waals surface area contributed by atoms with Gasteiger partial charge in [0, 0.05) is 11.6 Å². The van der Waals surface area contributed by atoms with Crippen LogP contribution in [0.2, 0.25) is 5.28 Å². The molecule has 7 heteroatoms. The van der Waals surface area contributed by atoms with Gasteiger partial charge in [-0.3, -0.25) is 5.10 Å². The fourth-order valence-corrected chi connectivity index (χ4v) is 2.18. The highest BCUT2D eigenvalue weighted by Crippen LogP contribution is 2.35. The van der Waals surface area contributed by atoms with E-state index in [0.717, 1.165) is 10.9 Å². The van der Waals surface area contributed by atoms with Gasteiger partial charge in [0.15, 0.2) is 5.65 Å². The Labute approximate surface area is 119 Å². The number of halogens is 1. The number of hydrogen-bond donors (Lipinski definition) is 1. The Morgan fingerprint density at radius 3 is 2.75 bits per heavy atom. The van der Waals surface area contributed by atoms with Crippen molar-refractivity contribution >= 4 is 22.6 Å². The van der Waals surface area contributed by atoms with Crippen molar-refractivity contribution in [3.63, 3.8) is 0 Å². The van der Waals surface area contributed by atoms with E-state index in [0.29, 0.717) is 22.8 Å². The molecular formula is C13H11ClN4O2. The third kappa shape index (κ3) is 2.04. The number of benzene rings is 1. The van der Waals surface area contributed by atoms with Crippen LogP contribution in [0.5, 0.6) is 11.5 Å². The molecule has 20 heavy (non-hydrogen) atoms. The van der Waals surface area contributed by atoms with Crippen LogP contribution in [0.4, 0.5) is 0 Å². The molecule has 2 heterocycles. The number of aromatic nitrogens is 4. The van der Waals surface area contributed by atoms with Gasteiger partial charge in [0.1, 0.15) is 11.5 Å². The molecule has 0 atom stereocenters. The van der Waals surface area contributed by atoms with Crippen molar-refractivity contribution in [2.24, 2.45) is 0 Å². The lowest BCUT2D eigenvalue weighted by atomic mass is 10.1. The standard InChI is InChI=1S/C13H11ClN4O2/c1-19-7-3-4-8(10(5-7)20-2)11-9-6-15-18-12(9)17-13(14)16-11/h3-6H,1-2H3,(H,15,16,17,18). The van der Waals surface area contributed by atoms with Crippen LogP contribution < -0.4 is 9.47 Å². The summed E-state index contributed by atoms with van der Waals surface area (Å²) >= 11 is 5.95. The van der Waals surface area contributed by atoms with E-state index in [1.54, 1.807) is 26.5 Å². The highest BCUT2D eigenvalue weighted by Gasteiger charge is 2.15. The molecule has 0 radical (unpaired) electrons. The molecule has 0 aliphatic heterocycles. The second kappa shape index (κ2) is 4.97. The van der Waals surface area contributed by atoms with Gasteiger partial charge in [-0.2, -0.15) is 10.1 Å². The topological polar surface area (TPSA) is 72.9 Å². The van der Waals surface area contributed by atoms with Crippen LogP contribution in [0.1, 0.15) is 0 Å². The van der Waals surface area contributed by atoms with Crippen molar-refractivity contribution < 1.29 is 9.47 Å². The zero-order chi connectivity index (χ0) is 14.1. The Hall–Kier alpha value is -2.34. The second-order valence-corrected chi connectivity index (χ2v) is 4.38. The van der Waals surface area contributed by atoms with E-state index >= 15 is 0 Å². The highest BCUT2D eigenvalue weighted by molar-refractivity contribution is 6.28. The molecule has 0 fully saturated rings. The molecule has 0 aliphatic carbocycles. The molecule has 0 unspecified atom stereocenters. The first-order valence-electron chi connectivity index (χ1n) is 5.82. The summed E-state index contributed by atoms with van der Waals surface area (Å²) in [7, 11) is 3.19. The summed E-state index contributed by atoms with van der Waals surface area (Å²) in [6.07, 6.45) is 1.66. The second-order valence-electron chi connectivity index (χ2n) is 4.04. The number of rotatable bonds is 3. The Balaban J connectivity index is 2.27. The quantitative estimate of drug-likeness (QED) is 0.751. The third-order valence-corrected chi connectivity index (χ3v) is 3.12. The van der Waals surface area contributed by atoms with Crippen molar-refractivity contribution in [1.29, 1.82) is 0 Å². The van der Waals surface area contributed by atoms with Crippen molar-refractivity contribution in [2.45, 2.75) is 0 Å². The number of methoxy groups -OCH3 is 2. The van der Waals surface area contributed by atoms with E-state index in [1.165, 1.54) is 0 Å². The fourth-order valence-electron chi connectivity index (χ4n) is 2.01. The predicted molar refractivity (Wildman–Crippen MR) is 75.2 cm³/mol.